The minimum Gasteiger partial charge on any atom is -0.346 e. The minimum absolute atomic E-state index is 0.0366. The number of anilines is 1. The van der Waals surface area contributed by atoms with Gasteiger partial charge in [0.25, 0.3) is 5.91 Å². The molecule has 0 saturated carbocycles. The van der Waals surface area contributed by atoms with Crippen molar-refractivity contribution in [3.8, 4) is 0 Å². The maximum absolute atomic E-state index is 13.5. The first-order chi connectivity index (χ1) is 9.26. The maximum atomic E-state index is 13.5. The molecular formula is C12H16FN3O3S. The van der Waals surface area contributed by atoms with Crippen molar-refractivity contribution in [2.24, 2.45) is 5.84 Å². The number of amides is 1. The molecule has 1 unspecified atom stereocenters. The Hall–Kier alpha value is -1.67. The third-order valence-electron chi connectivity index (χ3n) is 3.32. The van der Waals surface area contributed by atoms with Crippen LogP contribution in [0, 0.1) is 5.82 Å². The average molecular weight is 301 g/mol. The van der Waals surface area contributed by atoms with E-state index in [-0.39, 0.29) is 22.8 Å². The monoisotopic (exact) mass is 301 g/mol. The summed E-state index contributed by atoms with van der Waals surface area (Å²) in [5, 5.41) is 2.65. The molecule has 1 amide bonds. The average Bonchev–Trinajstić information content (AvgIpc) is 2.62. The maximum Gasteiger partial charge on any atom is 0.253 e. The van der Waals surface area contributed by atoms with E-state index in [9.17, 15) is 17.6 Å². The van der Waals surface area contributed by atoms with E-state index in [1.807, 2.05) is 0 Å². The molecule has 1 aromatic carbocycles. The number of hydrogen-bond acceptors (Lipinski definition) is 5. The Morgan fingerprint density at radius 3 is 2.70 bits per heavy atom. The van der Waals surface area contributed by atoms with Gasteiger partial charge in [-0.05, 0) is 25.5 Å². The van der Waals surface area contributed by atoms with Gasteiger partial charge in [-0.1, -0.05) is 6.07 Å². The predicted octanol–water partition coefficient (Wildman–Crippen LogP) is 0.418. The fourth-order valence-corrected chi connectivity index (χ4v) is 4.40. The zero-order valence-electron chi connectivity index (χ0n) is 10.9. The third-order valence-corrected chi connectivity index (χ3v) is 5.22. The molecule has 1 fully saturated rings. The van der Waals surface area contributed by atoms with Crippen molar-refractivity contribution in [3.63, 3.8) is 0 Å². The highest BCUT2D eigenvalue weighted by atomic mass is 32.2. The lowest BCUT2D eigenvalue weighted by Crippen LogP contribution is -2.47. The lowest BCUT2D eigenvalue weighted by molar-refractivity contribution is 0.0916. The topological polar surface area (TPSA) is 101 Å². The number of para-hydroxylation sites is 1. The molecule has 1 aliphatic rings. The van der Waals surface area contributed by atoms with Gasteiger partial charge in [0.1, 0.15) is 5.82 Å². The molecule has 1 aromatic rings. The van der Waals surface area contributed by atoms with Gasteiger partial charge in [0.15, 0.2) is 9.84 Å². The van der Waals surface area contributed by atoms with Gasteiger partial charge in [0, 0.05) is 0 Å². The molecule has 0 aromatic heterocycles. The molecule has 8 heteroatoms. The molecule has 0 spiro atoms. The summed E-state index contributed by atoms with van der Waals surface area (Å²) in [5.74, 6) is 3.92. The second-order valence-electron chi connectivity index (χ2n) is 5.16. The molecule has 0 radical (unpaired) electrons. The lowest BCUT2D eigenvalue weighted by Gasteiger charge is -2.24. The first-order valence-corrected chi connectivity index (χ1v) is 7.86. The van der Waals surface area contributed by atoms with Crippen LogP contribution in [0.2, 0.25) is 0 Å². The van der Waals surface area contributed by atoms with Crippen LogP contribution in [0.4, 0.5) is 10.1 Å². The molecule has 2 rings (SSSR count). The van der Waals surface area contributed by atoms with Crippen LogP contribution in [0.25, 0.3) is 0 Å². The number of nitrogens with one attached hydrogen (secondary N) is 2. The zero-order chi connectivity index (χ0) is 15.0. The van der Waals surface area contributed by atoms with E-state index < -0.39 is 27.1 Å². The number of sulfone groups is 1. The van der Waals surface area contributed by atoms with Gasteiger partial charge in [-0.15, -0.1) is 0 Å². The number of nitrogens with two attached hydrogens (primary N) is 1. The van der Waals surface area contributed by atoms with E-state index in [0.717, 1.165) is 0 Å². The summed E-state index contributed by atoms with van der Waals surface area (Å²) in [5.41, 5.74) is 1.23. The van der Waals surface area contributed by atoms with Crippen molar-refractivity contribution >= 4 is 21.4 Å². The van der Waals surface area contributed by atoms with Gasteiger partial charge in [-0.25, -0.2) is 12.8 Å². The number of carbonyl (C=O) groups excluding carboxylic acids is 1. The van der Waals surface area contributed by atoms with E-state index in [4.69, 9.17) is 5.84 Å². The first kappa shape index (κ1) is 14.7. The molecule has 1 heterocycles. The van der Waals surface area contributed by atoms with Crippen LogP contribution in [0.1, 0.15) is 23.7 Å². The van der Waals surface area contributed by atoms with E-state index in [1.165, 1.54) is 18.2 Å². The van der Waals surface area contributed by atoms with Gasteiger partial charge in [-0.2, -0.15) is 0 Å². The summed E-state index contributed by atoms with van der Waals surface area (Å²) in [6.07, 6.45) is 0.335. The molecule has 110 valence electrons. The number of nitrogen functional groups attached to an aromatic ring is 1. The van der Waals surface area contributed by atoms with Crippen LogP contribution >= 0.6 is 0 Å². The molecule has 1 atom stereocenters. The number of hydrazine groups is 1. The van der Waals surface area contributed by atoms with Crippen molar-refractivity contribution in [2.45, 2.75) is 18.9 Å². The van der Waals surface area contributed by atoms with Crippen LogP contribution in [-0.2, 0) is 9.84 Å². The predicted molar refractivity (Wildman–Crippen MR) is 73.4 cm³/mol. The third kappa shape index (κ3) is 2.91. The summed E-state index contributed by atoms with van der Waals surface area (Å²) in [6, 6.07) is 3.98. The van der Waals surface area contributed by atoms with Crippen LogP contribution < -0.4 is 16.6 Å². The normalized spacial score (nSPS) is 24.4. The summed E-state index contributed by atoms with van der Waals surface area (Å²) in [4.78, 5) is 12.2. The van der Waals surface area contributed by atoms with Gasteiger partial charge < -0.3 is 10.7 Å². The molecule has 4 N–H and O–H groups in total. The van der Waals surface area contributed by atoms with E-state index in [1.54, 1.807) is 6.92 Å². The van der Waals surface area contributed by atoms with Crippen molar-refractivity contribution in [2.75, 3.05) is 16.9 Å². The first-order valence-electron chi connectivity index (χ1n) is 6.04. The SMILES string of the molecule is CC1(NC(=O)c2cccc(F)c2NN)CCS(=O)(=O)C1. The minimum atomic E-state index is -3.13. The summed E-state index contributed by atoms with van der Waals surface area (Å²) in [6.45, 7) is 1.66. The van der Waals surface area contributed by atoms with E-state index in [0.29, 0.717) is 6.42 Å². The van der Waals surface area contributed by atoms with Crippen molar-refractivity contribution < 1.29 is 17.6 Å². The fourth-order valence-electron chi connectivity index (χ4n) is 2.31. The molecule has 1 saturated heterocycles. The van der Waals surface area contributed by atoms with Crippen LogP contribution in [0.15, 0.2) is 18.2 Å². The number of benzene rings is 1. The number of carbonyl (C=O) groups is 1. The fraction of sp³-hybridized carbons (Fsp3) is 0.417. The second kappa shape index (κ2) is 5.02. The van der Waals surface area contributed by atoms with Crippen LogP contribution in [0.3, 0.4) is 0 Å². The van der Waals surface area contributed by atoms with Crippen LogP contribution in [-0.4, -0.2) is 31.4 Å². The van der Waals surface area contributed by atoms with Gasteiger partial charge in [0.05, 0.1) is 28.3 Å². The quantitative estimate of drug-likeness (QED) is 0.555. The van der Waals surface area contributed by atoms with Gasteiger partial charge in [-0.3, -0.25) is 10.6 Å². The summed E-state index contributed by atoms with van der Waals surface area (Å²) in [7, 11) is -3.13. The smallest absolute Gasteiger partial charge is 0.253 e. The Morgan fingerprint density at radius 2 is 2.15 bits per heavy atom. The summed E-state index contributed by atoms with van der Waals surface area (Å²) < 4.78 is 36.5. The largest absolute Gasteiger partial charge is 0.346 e. The molecule has 0 bridgehead atoms. The highest BCUT2D eigenvalue weighted by Gasteiger charge is 2.39. The van der Waals surface area contributed by atoms with Crippen molar-refractivity contribution in [1.29, 1.82) is 0 Å². The standard InChI is InChI=1S/C12H16FN3O3S/c1-12(5-6-20(18,19)7-12)15-11(17)8-3-2-4-9(13)10(8)16-14/h2-4,16H,5-7,14H2,1H3,(H,15,17). The molecule has 20 heavy (non-hydrogen) atoms. The highest BCUT2D eigenvalue weighted by molar-refractivity contribution is 7.91. The van der Waals surface area contributed by atoms with Crippen LogP contribution in [0.5, 0.6) is 0 Å². The Balaban J connectivity index is 2.24. The Kier molecular flexibility index (Phi) is 3.70. The Labute approximate surface area is 116 Å². The molecular weight excluding hydrogens is 285 g/mol. The Bertz CT molecular complexity index is 647. The molecule has 0 aliphatic carbocycles. The van der Waals surface area contributed by atoms with Crippen molar-refractivity contribution in [3.05, 3.63) is 29.6 Å². The van der Waals surface area contributed by atoms with Gasteiger partial charge >= 0.3 is 0 Å². The zero-order valence-corrected chi connectivity index (χ0v) is 11.8. The lowest BCUT2D eigenvalue weighted by atomic mass is 10.0. The number of halogens is 1. The number of rotatable bonds is 3. The Morgan fingerprint density at radius 1 is 1.45 bits per heavy atom. The van der Waals surface area contributed by atoms with E-state index >= 15 is 0 Å². The molecule has 1 aliphatic heterocycles. The highest BCUT2D eigenvalue weighted by Crippen LogP contribution is 2.25. The second-order valence-corrected chi connectivity index (χ2v) is 7.35. The van der Waals surface area contributed by atoms with E-state index in [2.05, 4.69) is 10.7 Å². The molecule has 6 nitrogen and oxygen atoms in total. The summed E-state index contributed by atoms with van der Waals surface area (Å²) >= 11 is 0. The van der Waals surface area contributed by atoms with Crippen molar-refractivity contribution in [1.82, 2.24) is 5.32 Å². The van der Waals surface area contributed by atoms with Gasteiger partial charge in [0.2, 0.25) is 0 Å². The number of hydrogen-bond donors (Lipinski definition) is 3.